The van der Waals surface area contributed by atoms with Gasteiger partial charge in [-0.1, -0.05) is 46.7 Å². The molecule has 1 aromatic carbocycles. The maximum atomic E-state index is 12.4. The number of aromatic nitrogens is 2. The average molecular weight is 379 g/mol. The number of benzene rings is 1. The van der Waals surface area contributed by atoms with Gasteiger partial charge in [0.15, 0.2) is 5.13 Å². The second-order valence-electron chi connectivity index (χ2n) is 4.90. The molecule has 3 rings (SSSR count). The van der Waals surface area contributed by atoms with Gasteiger partial charge in [-0.2, -0.15) is 0 Å². The van der Waals surface area contributed by atoms with E-state index in [0.29, 0.717) is 31.6 Å². The largest absolute Gasteiger partial charge is 0.320 e. The summed E-state index contributed by atoms with van der Waals surface area (Å²) in [6.45, 7) is 1.88. The van der Waals surface area contributed by atoms with E-state index in [4.69, 9.17) is 23.2 Å². The van der Waals surface area contributed by atoms with Crippen LogP contribution in [0.1, 0.15) is 15.2 Å². The van der Waals surface area contributed by atoms with Gasteiger partial charge in [-0.05, 0) is 30.7 Å². The molecule has 0 unspecified atom stereocenters. The lowest BCUT2D eigenvalue weighted by atomic mass is 10.2. The number of nitrogens with zero attached hydrogens (tertiary/aromatic N) is 2. The van der Waals surface area contributed by atoms with Crippen LogP contribution < -0.4 is 10.6 Å². The van der Waals surface area contributed by atoms with Crippen LogP contribution in [0.15, 0.2) is 42.7 Å². The van der Waals surface area contributed by atoms with Crippen molar-refractivity contribution in [2.45, 2.75) is 6.92 Å². The molecule has 122 valence electrons. The zero-order valence-electron chi connectivity index (χ0n) is 12.5. The first kappa shape index (κ1) is 16.7. The smallest absolute Gasteiger partial charge is 0.267 e. The summed E-state index contributed by atoms with van der Waals surface area (Å²) in [5, 5.41) is 7.45. The minimum absolute atomic E-state index is 0.263. The van der Waals surface area contributed by atoms with Crippen LogP contribution in [-0.4, -0.2) is 15.9 Å². The Morgan fingerprint density at radius 3 is 2.67 bits per heavy atom. The van der Waals surface area contributed by atoms with Crippen molar-refractivity contribution in [2.24, 2.45) is 0 Å². The summed E-state index contributed by atoms with van der Waals surface area (Å²) in [6, 6.07) is 8.90. The van der Waals surface area contributed by atoms with Crippen molar-refractivity contribution in [3.8, 4) is 0 Å². The average Bonchev–Trinajstić information content (AvgIpc) is 3.02. The molecule has 0 aliphatic carbocycles. The molecule has 0 saturated heterocycles. The molecular formula is C16H12Cl2N4OS. The molecule has 0 saturated carbocycles. The Balaban J connectivity index is 1.73. The Morgan fingerprint density at radius 2 is 1.96 bits per heavy atom. The van der Waals surface area contributed by atoms with E-state index in [1.54, 1.807) is 18.2 Å². The fraction of sp³-hybridized carbons (Fsp3) is 0.0625. The van der Waals surface area contributed by atoms with Gasteiger partial charge in [-0.15, -0.1) is 0 Å². The maximum absolute atomic E-state index is 12.4. The number of hydrogen-bond donors (Lipinski definition) is 2. The van der Waals surface area contributed by atoms with Crippen LogP contribution in [-0.2, 0) is 0 Å². The molecule has 0 aliphatic rings. The van der Waals surface area contributed by atoms with E-state index < -0.39 is 0 Å². The summed E-state index contributed by atoms with van der Waals surface area (Å²) in [7, 11) is 0. The van der Waals surface area contributed by atoms with Gasteiger partial charge in [-0.3, -0.25) is 4.79 Å². The third-order valence-corrected chi connectivity index (χ3v) is 4.60. The molecule has 0 aliphatic heterocycles. The number of amides is 1. The van der Waals surface area contributed by atoms with Crippen LogP contribution in [0.2, 0.25) is 10.0 Å². The summed E-state index contributed by atoms with van der Waals surface area (Å²) in [4.78, 5) is 21.1. The van der Waals surface area contributed by atoms with E-state index in [1.807, 2.05) is 19.1 Å². The molecule has 5 nitrogen and oxygen atoms in total. The summed E-state index contributed by atoms with van der Waals surface area (Å²) < 4.78 is 0. The second-order valence-corrected chi connectivity index (χ2v) is 6.78. The Kier molecular flexibility index (Phi) is 4.99. The predicted molar refractivity (Wildman–Crippen MR) is 98.8 cm³/mol. The number of rotatable bonds is 4. The number of carbonyl (C=O) groups is 1. The van der Waals surface area contributed by atoms with Crippen molar-refractivity contribution in [2.75, 3.05) is 10.6 Å². The van der Waals surface area contributed by atoms with Gasteiger partial charge in [-0.25, -0.2) is 9.97 Å². The van der Waals surface area contributed by atoms with Crippen molar-refractivity contribution >= 4 is 57.1 Å². The minimum atomic E-state index is -0.263. The molecule has 3 aromatic rings. The van der Waals surface area contributed by atoms with Crippen LogP contribution >= 0.6 is 34.5 Å². The number of thiazole rings is 1. The summed E-state index contributed by atoms with van der Waals surface area (Å²) >= 11 is 13.1. The molecule has 2 aromatic heterocycles. The Bertz CT molecular complexity index is 860. The lowest BCUT2D eigenvalue weighted by molar-refractivity contribution is 0.103. The van der Waals surface area contributed by atoms with Gasteiger partial charge < -0.3 is 10.6 Å². The first-order valence-corrected chi connectivity index (χ1v) is 8.51. The van der Waals surface area contributed by atoms with E-state index >= 15 is 0 Å². The molecule has 0 radical (unpaired) electrons. The van der Waals surface area contributed by atoms with Crippen LogP contribution in [0.25, 0.3) is 0 Å². The number of halogens is 2. The van der Waals surface area contributed by atoms with Gasteiger partial charge in [0.1, 0.15) is 10.7 Å². The normalized spacial score (nSPS) is 10.5. The third kappa shape index (κ3) is 3.84. The first-order valence-electron chi connectivity index (χ1n) is 6.94. The highest BCUT2D eigenvalue weighted by Crippen LogP contribution is 2.27. The van der Waals surface area contributed by atoms with Gasteiger partial charge in [0.05, 0.1) is 21.9 Å². The highest BCUT2D eigenvalue weighted by molar-refractivity contribution is 7.17. The standard InChI is InChI=1S/C16H12Cl2N4OS/c1-9-3-2-4-11(18)14(9)22-15(23)12-8-20-16(24-12)21-13-6-5-10(17)7-19-13/h2-8H,1H3,(H,22,23)(H,19,20,21). The quantitative estimate of drug-likeness (QED) is 0.658. The molecule has 0 bridgehead atoms. The Morgan fingerprint density at radius 1 is 1.12 bits per heavy atom. The number of para-hydroxylation sites is 1. The highest BCUT2D eigenvalue weighted by Gasteiger charge is 2.14. The number of anilines is 3. The number of carbonyl (C=O) groups excluding carboxylic acids is 1. The third-order valence-electron chi connectivity index (χ3n) is 3.15. The fourth-order valence-corrected chi connectivity index (χ4v) is 3.06. The Hall–Kier alpha value is -2.15. The van der Waals surface area contributed by atoms with Crippen LogP contribution in [0.3, 0.4) is 0 Å². The van der Waals surface area contributed by atoms with E-state index in [9.17, 15) is 4.79 Å². The molecule has 2 heterocycles. The topological polar surface area (TPSA) is 66.9 Å². The zero-order chi connectivity index (χ0) is 17.1. The lowest BCUT2D eigenvalue weighted by Gasteiger charge is -2.08. The van der Waals surface area contributed by atoms with Crippen LogP contribution in [0.5, 0.6) is 0 Å². The van der Waals surface area contributed by atoms with Gasteiger partial charge in [0, 0.05) is 6.20 Å². The van der Waals surface area contributed by atoms with E-state index in [1.165, 1.54) is 23.7 Å². The highest BCUT2D eigenvalue weighted by atomic mass is 35.5. The van der Waals surface area contributed by atoms with Gasteiger partial charge in [0.2, 0.25) is 0 Å². The lowest BCUT2D eigenvalue weighted by Crippen LogP contribution is -2.11. The van der Waals surface area contributed by atoms with Crippen molar-refractivity contribution in [3.63, 3.8) is 0 Å². The number of nitrogens with one attached hydrogen (secondary N) is 2. The van der Waals surface area contributed by atoms with Crippen LogP contribution in [0.4, 0.5) is 16.6 Å². The zero-order valence-corrected chi connectivity index (χ0v) is 14.8. The molecular weight excluding hydrogens is 367 g/mol. The van der Waals surface area contributed by atoms with Crippen LogP contribution in [0, 0.1) is 6.92 Å². The monoisotopic (exact) mass is 378 g/mol. The number of hydrogen-bond acceptors (Lipinski definition) is 5. The summed E-state index contributed by atoms with van der Waals surface area (Å²) in [6.07, 6.45) is 3.04. The van der Waals surface area contributed by atoms with Crippen molar-refractivity contribution in [1.29, 1.82) is 0 Å². The van der Waals surface area contributed by atoms with Crippen molar-refractivity contribution in [1.82, 2.24) is 9.97 Å². The van der Waals surface area contributed by atoms with E-state index in [2.05, 4.69) is 20.6 Å². The molecule has 24 heavy (non-hydrogen) atoms. The number of pyridine rings is 1. The SMILES string of the molecule is Cc1cccc(Cl)c1NC(=O)c1cnc(Nc2ccc(Cl)cn2)s1. The molecule has 8 heteroatoms. The molecule has 0 fully saturated rings. The minimum Gasteiger partial charge on any atom is -0.320 e. The summed E-state index contributed by atoms with van der Waals surface area (Å²) in [5.41, 5.74) is 1.50. The molecule has 1 amide bonds. The van der Waals surface area contributed by atoms with Crippen molar-refractivity contribution in [3.05, 3.63) is 63.2 Å². The Labute approximate surface area is 152 Å². The number of aryl methyl sites for hydroxylation is 1. The second kappa shape index (κ2) is 7.17. The predicted octanol–water partition coefficient (Wildman–Crippen LogP) is 5.15. The first-order chi connectivity index (χ1) is 11.5. The molecule has 2 N–H and O–H groups in total. The van der Waals surface area contributed by atoms with Crippen molar-refractivity contribution < 1.29 is 4.79 Å². The molecule has 0 spiro atoms. The maximum Gasteiger partial charge on any atom is 0.267 e. The van der Waals surface area contributed by atoms with Gasteiger partial charge >= 0.3 is 0 Å². The molecule has 0 atom stereocenters. The van der Waals surface area contributed by atoms with E-state index in [-0.39, 0.29) is 5.91 Å². The summed E-state index contributed by atoms with van der Waals surface area (Å²) in [5.74, 6) is 0.337. The fourth-order valence-electron chi connectivity index (χ4n) is 1.96. The van der Waals surface area contributed by atoms with Gasteiger partial charge in [0.25, 0.3) is 5.91 Å². The van der Waals surface area contributed by atoms with E-state index in [0.717, 1.165) is 5.56 Å².